The quantitative estimate of drug-likeness (QED) is 0.747. The topological polar surface area (TPSA) is 41.6 Å². The third-order valence-electron chi connectivity index (χ3n) is 3.72. The molecule has 0 saturated heterocycles. The number of hydrogen-bond acceptors (Lipinski definition) is 3. The summed E-state index contributed by atoms with van der Waals surface area (Å²) in [4.78, 5) is 1.14. The molecule has 1 unspecified atom stereocenters. The van der Waals surface area contributed by atoms with Crippen LogP contribution in [-0.2, 0) is 18.5 Å². The van der Waals surface area contributed by atoms with Gasteiger partial charge >= 0.3 is 0 Å². The average molecular weight is 336 g/mol. The number of hydrogen-bond donors (Lipinski definition) is 1. The molecular weight excluding hydrogens is 321 g/mol. The van der Waals surface area contributed by atoms with Crippen LogP contribution in [0.4, 0.5) is 4.39 Å². The Balaban J connectivity index is 1.97. The van der Waals surface area contributed by atoms with E-state index >= 15 is 4.39 Å². The van der Waals surface area contributed by atoms with E-state index in [2.05, 4.69) is 15.4 Å². The lowest BCUT2D eigenvalue weighted by molar-refractivity contribution is 0.162. The van der Waals surface area contributed by atoms with Crippen molar-refractivity contribution in [3.05, 3.63) is 68.6 Å². The van der Waals surface area contributed by atoms with Gasteiger partial charge in [-0.1, -0.05) is 23.7 Å². The molecule has 0 aliphatic heterocycles. The van der Waals surface area contributed by atoms with Crippen molar-refractivity contribution in [1.29, 1.82) is 0 Å². The number of nitrogens with one attached hydrogen (secondary N) is 1. The van der Waals surface area contributed by atoms with Gasteiger partial charge in [0.25, 0.3) is 0 Å². The molecule has 3 aromatic rings. The summed E-state index contributed by atoms with van der Waals surface area (Å²) in [5.74, 6) is 0. The van der Waals surface area contributed by atoms with Crippen LogP contribution in [0.25, 0.3) is 0 Å². The summed E-state index contributed by atoms with van der Waals surface area (Å²) in [6.07, 6.45) is 2.03. The van der Waals surface area contributed by atoms with Gasteiger partial charge in [-0.2, -0.15) is 15.4 Å². The highest BCUT2D eigenvalue weighted by atomic mass is 35.5. The summed E-state index contributed by atoms with van der Waals surface area (Å²) < 4.78 is 15.8. The van der Waals surface area contributed by atoms with Crippen molar-refractivity contribution in [2.45, 2.75) is 25.4 Å². The first kappa shape index (κ1) is 15.2. The van der Waals surface area contributed by atoms with Crippen molar-refractivity contribution in [1.82, 2.24) is 15.4 Å². The van der Waals surface area contributed by atoms with E-state index in [1.807, 2.05) is 18.4 Å². The SMILES string of the molecule is Cc1sccc1CC(F)(Cc1cn[nH]n1)c1ccc(Cl)cc1. The van der Waals surface area contributed by atoms with Gasteiger partial charge in [0, 0.05) is 22.7 Å². The molecule has 1 N–H and O–H groups in total. The average Bonchev–Trinajstić information content (AvgIpc) is 3.12. The molecule has 6 heteroatoms. The van der Waals surface area contributed by atoms with E-state index in [0.29, 0.717) is 22.7 Å². The minimum absolute atomic E-state index is 0.167. The van der Waals surface area contributed by atoms with Gasteiger partial charge in [-0.3, -0.25) is 0 Å². The van der Waals surface area contributed by atoms with Crippen molar-refractivity contribution < 1.29 is 4.39 Å². The maximum atomic E-state index is 15.8. The molecule has 114 valence electrons. The van der Waals surface area contributed by atoms with Crippen LogP contribution in [-0.4, -0.2) is 15.4 Å². The Labute approximate surface area is 137 Å². The number of halogens is 2. The second kappa shape index (κ2) is 6.18. The second-order valence-electron chi connectivity index (χ2n) is 5.29. The first-order valence-electron chi connectivity index (χ1n) is 6.89. The van der Waals surface area contributed by atoms with Crippen LogP contribution in [0.1, 0.15) is 21.7 Å². The Morgan fingerprint density at radius 3 is 2.59 bits per heavy atom. The molecule has 0 aliphatic carbocycles. The van der Waals surface area contributed by atoms with Gasteiger partial charge in [-0.05, 0) is 41.6 Å². The molecule has 0 aliphatic rings. The zero-order chi connectivity index (χ0) is 15.6. The number of aryl methyl sites for hydroxylation is 1. The van der Waals surface area contributed by atoms with Gasteiger partial charge in [0.15, 0.2) is 0 Å². The summed E-state index contributed by atoms with van der Waals surface area (Å²) in [7, 11) is 0. The molecule has 3 rings (SSSR count). The Kier molecular flexibility index (Phi) is 4.27. The third-order valence-corrected chi connectivity index (χ3v) is 4.86. The molecule has 1 atom stereocenters. The molecule has 1 aromatic carbocycles. The molecule has 0 bridgehead atoms. The van der Waals surface area contributed by atoms with Gasteiger partial charge in [-0.25, -0.2) is 4.39 Å². The van der Waals surface area contributed by atoms with Crippen molar-refractivity contribution >= 4 is 22.9 Å². The van der Waals surface area contributed by atoms with Crippen LogP contribution in [0.3, 0.4) is 0 Å². The standard InChI is InChI=1S/C16H15ClFN3S/c1-11-12(6-7-22-11)8-16(18,9-15-10-19-21-20-15)13-2-4-14(17)5-3-13/h2-7,10H,8-9H2,1H3,(H,19,20,21). The van der Waals surface area contributed by atoms with E-state index < -0.39 is 5.67 Å². The van der Waals surface area contributed by atoms with E-state index in [1.54, 1.807) is 41.8 Å². The third kappa shape index (κ3) is 3.20. The largest absolute Gasteiger partial charge is 0.238 e. The van der Waals surface area contributed by atoms with Crippen molar-refractivity contribution in [3.8, 4) is 0 Å². The smallest absolute Gasteiger partial charge is 0.145 e. The highest BCUT2D eigenvalue weighted by molar-refractivity contribution is 7.10. The summed E-state index contributed by atoms with van der Waals surface area (Å²) in [5, 5.41) is 12.9. The summed E-state index contributed by atoms with van der Waals surface area (Å²) in [6, 6.07) is 8.89. The molecule has 2 aromatic heterocycles. The normalized spacial score (nSPS) is 14.0. The summed E-state index contributed by atoms with van der Waals surface area (Å²) in [5.41, 5.74) is 0.676. The van der Waals surface area contributed by atoms with E-state index in [-0.39, 0.29) is 6.42 Å². The Hall–Kier alpha value is -1.72. The van der Waals surface area contributed by atoms with E-state index in [9.17, 15) is 0 Å². The summed E-state index contributed by atoms with van der Waals surface area (Å²) >= 11 is 7.55. The van der Waals surface area contributed by atoms with Crippen molar-refractivity contribution in [2.24, 2.45) is 0 Å². The lowest BCUT2D eigenvalue weighted by Crippen LogP contribution is -2.26. The predicted molar refractivity (Wildman–Crippen MR) is 87.1 cm³/mol. The number of aromatic nitrogens is 3. The molecule has 22 heavy (non-hydrogen) atoms. The minimum atomic E-state index is -1.55. The zero-order valence-electron chi connectivity index (χ0n) is 12.0. The maximum Gasteiger partial charge on any atom is 0.145 e. The molecule has 0 radical (unpaired) electrons. The highest BCUT2D eigenvalue weighted by Crippen LogP contribution is 2.35. The van der Waals surface area contributed by atoms with Gasteiger partial charge < -0.3 is 0 Å². The molecule has 0 amide bonds. The van der Waals surface area contributed by atoms with Crippen LogP contribution in [0.15, 0.2) is 41.9 Å². The van der Waals surface area contributed by atoms with E-state index in [1.165, 1.54) is 0 Å². The molecule has 0 spiro atoms. The molecule has 2 heterocycles. The molecule has 3 nitrogen and oxygen atoms in total. The van der Waals surface area contributed by atoms with Crippen LogP contribution >= 0.6 is 22.9 Å². The minimum Gasteiger partial charge on any atom is -0.238 e. The number of alkyl halides is 1. The van der Waals surface area contributed by atoms with Crippen molar-refractivity contribution in [2.75, 3.05) is 0 Å². The van der Waals surface area contributed by atoms with E-state index in [4.69, 9.17) is 11.6 Å². The fourth-order valence-corrected chi connectivity index (χ4v) is 3.36. The van der Waals surface area contributed by atoms with Crippen LogP contribution in [0.5, 0.6) is 0 Å². The first-order chi connectivity index (χ1) is 10.6. The fraction of sp³-hybridized carbons (Fsp3) is 0.250. The van der Waals surface area contributed by atoms with Crippen LogP contribution in [0, 0.1) is 6.92 Å². The van der Waals surface area contributed by atoms with Crippen molar-refractivity contribution in [3.63, 3.8) is 0 Å². The van der Waals surface area contributed by atoms with Gasteiger partial charge in [-0.15, -0.1) is 11.3 Å². The van der Waals surface area contributed by atoms with Gasteiger partial charge in [0.1, 0.15) is 5.67 Å². The number of benzene rings is 1. The van der Waals surface area contributed by atoms with Gasteiger partial charge in [0.2, 0.25) is 0 Å². The monoisotopic (exact) mass is 335 g/mol. The Bertz CT molecular complexity index is 739. The van der Waals surface area contributed by atoms with Crippen LogP contribution in [0.2, 0.25) is 5.02 Å². The summed E-state index contributed by atoms with van der Waals surface area (Å²) in [6.45, 7) is 2.01. The number of nitrogens with zero attached hydrogens (tertiary/aromatic N) is 2. The maximum absolute atomic E-state index is 15.8. The highest BCUT2D eigenvalue weighted by Gasteiger charge is 2.34. The van der Waals surface area contributed by atoms with Crippen LogP contribution < -0.4 is 0 Å². The van der Waals surface area contributed by atoms with E-state index in [0.717, 1.165) is 10.4 Å². The Morgan fingerprint density at radius 1 is 1.23 bits per heavy atom. The lowest BCUT2D eigenvalue weighted by atomic mass is 9.85. The fourth-order valence-electron chi connectivity index (χ4n) is 2.51. The lowest BCUT2D eigenvalue weighted by Gasteiger charge is -2.25. The zero-order valence-corrected chi connectivity index (χ0v) is 13.6. The first-order valence-corrected chi connectivity index (χ1v) is 8.15. The molecule has 0 saturated carbocycles. The van der Waals surface area contributed by atoms with Gasteiger partial charge in [0.05, 0.1) is 11.9 Å². The second-order valence-corrected chi connectivity index (χ2v) is 6.85. The Morgan fingerprint density at radius 2 is 2.00 bits per heavy atom. The molecular formula is C16H15ClFN3S. The number of thiophene rings is 1. The number of H-pyrrole nitrogens is 1. The number of rotatable bonds is 5. The molecule has 0 fully saturated rings. The predicted octanol–water partition coefficient (Wildman–Crippen LogP) is 4.48. The number of aromatic amines is 1.